The van der Waals surface area contributed by atoms with Crippen LogP contribution in [0.15, 0.2) is 24.7 Å². The van der Waals surface area contributed by atoms with Gasteiger partial charge in [0.05, 0.1) is 23.7 Å². The Hall–Kier alpha value is -3.41. The molecule has 2 aromatic heterocycles. The number of carbonyl (C=O) groups excluding carboxylic acids is 1. The fourth-order valence-corrected chi connectivity index (χ4v) is 6.71. The van der Waals surface area contributed by atoms with E-state index in [-0.39, 0.29) is 23.6 Å². The molecule has 36 heavy (non-hydrogen) atoms. The highest BCUT2D eigenvalue weighted by atomic mass is 16.6. The van der Waals surface area contributed by atoms with Crippen molar-refractivity contribution in [3.8, 4) is 6.07 Å². The molecule has 2 saturated heterocycles. The summed E-state index contributed by atoms with van der Waals surface area (Å²) in [5.41, 5.74) is 1.30. The third kappa shape index (κ3) is 3.49. The van der Waals surface area contributed by atoms with Gasteiger partial charge in [0.2, 0.25) is 0 Å². The van der Waals surface area contributed by atoms with Crippen LogP contribution >= 0.6 is 0 Å². The molecule has 1 saturated carbocycles. The molecule has 3 aliphatic heterocycles. The molecule has 2 aromatic rings. The first-order chi connectivity index (χ1) is 17.2. The Kier molecular flexibility index (Phi) is 5.15. The van der Waals surface area contributed by atoms with E-state index in [1.54, 1.807) is 23.5 Å². The van der Waals surface area contributed by atoms with E-state index in [9.17, 15) is 10.1 Å². The second-order valence-corrected chi connectivity index (χ2v) is 11.7. The van der Waals surface area contributed by atoms with E-state index in [2.05, 4.69) is 20.9 Å². The third-order valence-corrected chi connectivity index (χ3v) is 8.44. The van der Waals surface area contributed by atoms with Crippen molar-refractivity contribution in [3.05, 3.63) is 35.8 Å². The number of pyridine rings is 1. The largest absolute Gasteiger partial charge is 0.444 e. The number of anilines is 3. The molecule has 3 unspecified atom stereocenters. The molecule has 6 rings (SSSR count). The first-order valence-corrected chi connectivity index (χ1v) is 12.9. The van der Waals surface area contributed by atoms with Gasteiger partial charge < -0.3 is 19.4 Å². The normalized spacial score (nSPS) is 25.5. The maximum absolute atomic E-state index is 12.9. The monoisotopic (exact) mass is 487 g/mol. The Morgan fingerprint density at radius 1 is 1.22 bits per heavy atom. The molecule has 188 valence electrons. The van der Waals surface area contributed by atoms with E-state index in [4.69, 9.17) is 14.7 Å². The summed E-state index contributed by atoms with van der Waals surface area (Å²) in [7, 11) is 1.87. The lowest BCUT2D eigenvalue weighted by Gasteiger charge is -2.40. The van der Waals surface area contributed by atoms with Gasteiger partial charge >= 0.3 is 6.09 Å². The highest BCUT2D eigenvalue weighted by Gasteiger charge is 2.55. The minimum absolute atomic E-state index is 0.00481. The van der Waals surface area contributed by atoms with Gasteiger partial charge in [0.1, 0.15) is 29.4 Å². The van der Waals surface area contributed by atoms with Crippen LogP contribution in [-0.2, 0) is 10.2 Å². The number of aromatic nitrogens is 3. The van der Waals surface area contributed by atoms with E-state index in [0.29, 0.717) is 11.6 Å². The molecule has 4 aliphatic rings. The predicted octanol–water partition coefficient (Wildman–Crippen LogP) is 4.29. The zero-order valence-electron chi connectivity index (χ0n) is 21.4. The number of hydrogen-bond acceptors (Lipinski definition) is 8. The average molecular weight is 488 g/mol. The molecule has 1 aliphatic carbocycles. The predicted molar refractivity (Wildman–Crippen MR) is 135 cm³/mol. The quantitative estimate of drug-likeness (QED) is 0.632. The van der Waals surface area contributed by atoms with Crippen molar-refractivity contribution in [1.29, 1.82) is 5.26 Å². The molecule has 0 aromatic carbocycles. The van der Waals surface area contributed by atoms with E-state index < -0.39 is 5.60 Å². The summed E-state index contributed by atoms with van der Waals surface area (Å²) in [4.78, 5) is 33.6. The van der Waals surface area contributed by atoms with Gasteiger partial charge in [-0.1, -0.05) is 6.42 Å². The average Bonchev–Trinajstić information content (AvgIpc) is 3.51. The standard InChI is InChI=1S/C27H33N7O2/c1-26(2,3)36-25(35)32(4)20-13-18-6-7-19(20)34(18)24-22-23(30-16-31-24)33(15-27(22)9-5-10-27)21-12-17(14-28)8-11-29-21/h8,11-12,16,18-20H,5-7,9-10,13,15H2,1-4H3. The molecule has 1 amide bonds. The topological polar surface area (TPSA) is 98.5 Å². The van der Waals surface area contributed by atoms with Crippen LogP contribution in [0.5, 0.6) is 0 Å². The molecule has 3 atom stereocenters. The number of fused-ring (bicyclic) bond motifs is 4. The van der Waals surface area contributed by atoms with Crippen LogP contribution in [0.1, 0.15) is 70.4 Å². The van der Waals surface area contributed by atoms with Crippen molar-refractivity contribution >= 4 is 23.5 Å². The summed E-state index contributed by atoms with van der Waals surface area (Å²) in [5.74, 6) is 2.69. The molecule has 9 nitrogen and oxygen atoms in total. The summed E-state index contributed by atoms with van der Waals surface area (Å²) in [6, 6.07) is 6.44. The molecular formula is C27H33N7O2. The van der Waals surface area contributed by atoms with Gasteiger partial charge in [0.15, 0.2) is 0 Å². The van der Waals surface area contributed by atoms with Crippen LogP contribution in [0.2, 0.25) is 0 Å². The minimum atomic E-state index is -0.521. The molecule has 9 heteroatoms. The molecule has 0 N–H and O–H groups in total. The van der Waals surface area contributed by atoms with Crippen LogP contribution in [0.3, 0.4) is 0 Å². The molecule has 5 heterocycles. The maximum atomic E-state index is 12.9. The van der Waals surface area contributed by atoms with Gasteiger partial charge in [-0.15, -0.1) is 0 Å². The SMILES string of the molecule is CN(C(=O)OC(C)(C)C)C1CC2CCC1N2c1ncnc2c1C1(CCC1)CN2c1cc(C#N)ccn1. The molecule has 3 fully saturated rings. The Morgan fingerprint density at radius 3 is 2.69 bits per heavy atom. The van der Waals surface area contributed by atoms with Crippen molar-refractivity contribution in [3.63, 3.8) is 0 Å². The van der Waals surface area contributed by atoms with Gasteiger partial charge in [-0.05, 0) is 65.0 Å². The van der Waals surface area contributed by atoms with E-state index >= 15 is 0 Å². The number of amides is 1. The van der Waals surface area contributed by atoms with Gasteiger partial charge in [-0.25, -0.2) is 19.7 Å². The van der Waals surface area contributed by atoms with Crippen molar-refractivity contribution in [2.24, 2.45) is 0 Å². The summed E-state index contributed by atoms with van der Waals surface area (Å²) in [6.45, 7) is 6.52. The molecule has 0 radical (unpaired) electrons. The molecular weight excluding hydrogens is 454 g/mol. The van der Waals surface area contributed by atoms with E-state index in [1.165, 1.54) is 12.0 Å². The van der Waals surface area contributed by atoms with Crippen LogP contribution in [0.4, 0.5) is 22.2 Å². The van der Waals surface area contributed by atoms with Crippen molar-refractivity contribution < 1.29 is 9.53 Å². The Labute approximate surface area is 212 Å². The molecule has 2 bridgehead atoms. The van der Waals surface area contributed by atoms with Crippen molar-refractivity contribution in [1.82, 2.24) is 19.9 Å². The summed E-state index contributed by atoms with van der Waals surface area (Å²) < 4.78 is 5.68. The number of ether oxygens (including phenoxy) is 1. The van der Waals surface area contributed by atoms with Gasteiger partial charge in [-0.3, -0.25) is 0 Å². The number of rotatable bonds is 3. The zero-order chi connectivity index (χ0) is 25.2. The fraction of sp³-hybridized carbons (Fsp3) is 0.593. The van der Waals surface area contributed by atoms with Gasteiger partial charge in [0, 0.05) is 36.8 Å². The number of nitriles is 1. The number of nitrogens with zero attached hydrogens (tertiary/aromatic N) is 7. The van der Waals surface area contributed by atoms with Gasteiger partial charge in [0.25, 0.3) is 0 Å². The van der Waals surface area contributed by atoms with Crippen LogP contribution in [0, 0.1) is 11.3 Å². The lowest BCUT2D eigenvalue weighted by atomic mass is 9.66. The summed E-state index contributed by atoms with van der Waals surface area (Å²) in [6.07, 6.45) is 9.52. The first-order valence-electron chi connectivity index (χ1n) is 12.9. The number of likely N-dealkylation sites (N-methyl/N-ethyl adjacent to an activating group) is 1. The smallest absolute Gasteiger partial charge is 0.410 e. The lowest BCUT2D eigenvalue weighted by Crippen LogP contribution is -2.47. The van der Waals surface area contributed by atoms with Crippen LogP contribution in [0.25, 0.3) is 0 Å². The Bertz CT molecular complexity index is 1250. The van der Waals surface area contributed by atoms with Crippen molar-refractivity contribution in [2.75, 3.05) is 23.4 Å². The summed E-state index contributed by atoms with van der Waals surface area (Å²) >= 11 is 0. The Morgan fingerprint density at radius 2 is 2.00 bits per heavy atom. The second kappa shape index (κ2) is 8.05. The van der Waals surface area contributed by atoms with Gasteiger partial charge in [-0.2, -0.15) is 5.26 Å². The fourth-order valence-electron chi connectivity index (χ4n) is 6.71. The van der Waals surface area contributed by atoms with E-state index in [0.717, 1.165) is 56.1 Å². The van der Waals surface area contributed by atoms with E-state index in [1.807, 2.05) is 33.9 Å². The summed E-state index contributed by atoms with van der Waals surface area (Å²) in [5, 5.41) is 9.42. The second-order valence-electron chi connectivity index (χ2n) is 11.7. The highest BCUT2D eigenvalue weighted by molar-refractivity contribution is 5.76. The lowest BCUT2D eigenvalue weighted by molar-refractivity contribution is 0.0202. The minimum Gasteiger partial charge on any atom is -0.444 e. The maximum Gasteiger partial charge on any atom is 0.410 e. The highest BCUT2D eigenvalue weighted by Crippen LogP contribution is 2.57. The van der Waals surface area contributed by atoms with Crippen molar-refractivity contribution in [2.45, 2.75) is 88.4 Å². The first kappa shape index (κ1) is 23.0. The number of carbonyl (C=O) groups is 1. The van der Waals surface area contributed by atoms with Crippen LogP contribution in [-0.4, -0.2) is 63.3 Å². The molecule has 1 spiro atoms. The number of hydrogen-bond donors (Lipinski definition) is 0. The van der Waals surface area contributed by atoms with Crippen LogP contribution < -0.4 is 9.80 Å². The zero-order valence-corrected chi connectivity index (χ0v) is 21.4. The third-order valence-electron chi connectivity index (χ3n) is 8.44. The Balaban J connectivity index is 1.36.